The Bertz CT molecular complexity index is 802. The Hall–Kier alpha value is -1.82. The maximum Gasteiger partial charge on any atom is 0.00271 e. The molecule has 26 heavy (non-hydrogen) atoms. The minimum Gasteiger partial charge on any atom is -0.0732 e. The van der Waals surface area contributed by atoms with E-state index in [2.05, 4.69) is 69.3 Å². The Labute approximate surface area is 159 Å². The molecule has 0 bridgehead atoms. The molecule has 0 saturated carbocycles. The monoisotopic (exact) mass is 344 g/mol. The SMILES string of the molecule is CCC1(CC)CCc2cc(C3=CC(c4ccc(C)cc4)CC3)ccc2C1. The van der Waals surface area contributed by atoms with Gasteiger partial charge in [-0.3, -0.25) is 0 Å². The van der Waals surface area contributed by atoms with Gasteiger partial charge in [-0.25, -0.2) is 0 Å². The molecule has 1 atom stereocenters. The van der Waals surface area contributed by atoms with Crippen LogP contribution in [0, 0.1) is 12.3 Å². The first-order valence-corrected chi connectivity index (χ1v) is 10.5. The summed E-state index contributed by atoms with van der Waals surface area (Å²) in [4.78, 5) is 0. The third-order valence-corrected chi connectivity index (χ3v) is 7.20. The van der Waals surface area contributed by atoms with Gasteiger partial charge in [0.1, 0.15) is 0 Å². The first-order chi connectivity index (χ1) is 12.6. The van der Waals surface area contributed by atoms with Gasteiger partial charge in [-0.15, -0.1) is 0 Å². The molecule has 136 valence electrons. The van der Waals surface area contributed by atoms with Crippen LogP contribution in [-0.4, -0.2) is 0 Å². The number of fused-ring (bicyclic) bond motifs is 1. The normalized spacial score (nSPS) is 21.3. The van der Waals surface area contributed by atoms with Gasteiger partial charge < -0.3 is 0 Å². The van der Waals surface area contributed by atoms with E-state index in [1.54, 1.807) is 16.7 Å². The first kappa shape index (κ1) is 17.6. The van der Waals surface area contributed by atoms with Crippen molar-refractivity contribution in [1.29, 1.82) is 0 Å². The predicted octanol–water partition coefficient (Wildman–Crippen LogP) is 7.25. The van der Waals surface area contributed by atoms with E-state index in [0.717, 1.165) is 0 Å². The fourth-order valence-electron chi connectivity index (χ4n) is 5.01. The average Bonchev–Trinajstić information content (AvgIpc) is 3.18. The summed E-state index contributed by atoms with van der Waals surface area (Å²) in [6.45, 7) is 6.91. The molecular formula is C26H32. The second-order valence-electron chi connectivity index (χ2n) is 8.62. The van der Waals surface area contributed by atoms with Crippen LogP contribution < -0.4 is 0 Å². The molecule has 0 aromatic heterocycles. The number of aryl methyl sites for hydroxylation is 2. The van der Waals surface area contributed by atoms with Gasteiger partial charge in [0.15, 0.2) is 0 Å². The molecule has 1 unspecified atom stereocenters. The van der Waals surface area contributed by atoms with Crippen molar-refractivity contribution in [2.75, 3.05) is 0 Å². The lowest BCUT2D eigenvalue weighted by atomic mass is 9.68. The van der Waals surface area contributed by atoms with Crippen LogP contribution in [0.25, 0.3) is 5.57 Å². The molecule has 0 spiro atoms. The van der Waals surface area contributed by atoms with Gasteiger partial charge in [-0.2, -0.15) is 0 Å². The first-order valence-electron chi connectivity index (χ1n) is 10.5. The van der Waals surface area contributed by atoms with Crippen LogP contribution >= 0.6 is 0 Å². The van der Waals surface area contributed by atoms with E-state index in [1.807, 2.05) is 0 Å². The zero-order valence-electron chi connectivity index (χ0n) is 16.6. The zero-order chi connectivity index (χ0) is 18.1. The van der Waals surface area contributed by atoms with Crippen LogP contribution in [0.5, 0.6) is 0 Å². The molecule has 2 aromatic carbocycles. The summed E-state index contributed by atoms with van der Waals surface area (Å²) in [6.07, 6.45) is 11.5. The van der Waals surface area contributed by atoms with Gasteiger partial charge in [0.05, 0.1) is 0 Å². The smallest absolute Gasteiger partial charge is 0.00271 e. The minimum absolute atomic E-state index is 0.553. The number of hydrogen-bond acceptors (Lipinski definition) is 0. The van der Waals surface area contributed by atoms with Crippen LogP contribution in [0.4, 0.5) is 0 Å². The average molecular weight is 345 g/mol. The summed E-state index contributed by atoms with van der Waals surface area (Å²) in [5.41, 5.74) is 9.62. The summed E-state index contributed by atoms with van der Waals surface area (Å²) < 4.78 is 0. The molecule has 0 saturated heterocycles. The highest BCUT2D eigenvalue weighted by atomic mass is 14.4. The Morgan fingerprint density at radius 2 is 1.69 bits per heavy atom. The van der Waals surface area contributed by atoms with Gasteiger partial charge in [0, 0.05) is 5.92 Å². The molecule has 0 heteroatoms. The van der Waals surface area contributed by atoms with E-state index < -0.39 is 0 Å². The van der Waals surface area contributed by atoms with E-state index in [0.29, 0.717) is 11.3 Å². The minimum atomic E-state index is 0.553. The molecule has 0 heterocycles. The highest BCUT2D eigenvalue weighted by molar-refractivity contribution is 5.70. The third-order valence-electron chi connectivity index (χ3n) is 7.20. The number of allylic oxidation sites excluding steroid dienone is 2. The van der Waals surface area contributed by atoms with Crippen molar-refractivity contribution >= 4 is 5.57 Å². The van der Waals surface area contributed by atoms with E-state index >= 15 is 0 Å². The molecule has 0 aliphatic heterocycles. The Balaban J connectivity index is 1.56. The van der Waals surface area contributed by atoms with Crippen molar-refractivity contribution < 1.29 is 0 Å². The highest BCUT2D eigenvalue weighted by Crippen LogP contribution is 2.43. The highest BCUT2D eigenvalue weighted by Gasteiger charge is 2.31. The van der Waals surface area contributed by atoms with Crippen molar-refractivity contribution in [3.63, 3.8) is 0 Å². The quantitative estimate of drug-likeness (QED) is 0.548. The standard InChI is InChI=1S/C26H32/c1-4-26(5-2)15-14-24-17-23(12-13-25(24)18-26)22-11-10-21(16-22)20-8-6-19(3)7-9-20/h6-9,12-13,16-17,21H,4-5,10-11,14-15,18H2,1-3H3. The lowest BCUT2D eigenvalue weighted by Crippen LogP contribution is -2.27. The molecule has 4 rings (SSSR count). The molecule has 0 amide bonds. The van der Waals surface area contributed by atoms with Crippen LogP contribution in [0.2, 0.25) is 0 Å². The molecule has 2 aromatic rings. The second-order valence-corrected chi connectivity index (χ2v) is 8.62. The topological polar surface area (TPSA) is 0 Å². The van der Waals surface area contributed by atoms with Crippen LogP contribution in [0.15, 0.2) is 48.5 Å². The third kappa shape index (κ3) is 3.27. The molecule has 0 N–H and O–H groups in total. The summed E-state index contributed by atoms with van der Waals surface area (Å²) >= 11 is 0. The summed E-state index contributed by atoms with van der Waals surface area (Å²) in [6, 6.07) is 16.4. The van der Waals surface area contributed by atoms with Crippen LogP contribution in [0.3, 0.4) is 0 Å². The molecular weight excluding hydrogens is 312 g/mol. The van der Waals surface area contributed by atoms with Crippen molar-refractivity contribution in [1.82, 2.24) is 0 Å². The lowest BCUT2D eigenvalue weighted by Gasteiger charge is -2.37. The van der Waals surface area contributed by atoms with Gasteiger partial charge in [-0.1, -0.05) is 80.8 Å². The summed E-state index contributed by atoms with van der Waals surface area (Å²) in [5.74, 6) is 0.592. The zero-order valence-corrected chi connectivity index (χ0v) is 16.6. The van der Waals surface area contributed by atoms with Crippen molar-refractivity contribution in [3.05, 3.63) is 76.4 Å². The Morgan fingerprint density at radius 1 is 0.923 bits per heavy atom. The lowest BCUT2D eigenvalue weighted by molar-refractivity contribution is 0.224. The van der Waals surface area contributed by atoms with E-state index in [1.165, 1.54) is 61.6 Å². The molecule has 0 fully saturated rings. The Kier molecular flexibility index (Phi) is 4.78. The van der Waals surface area contributed by atoms with Gasteiger partial charge in [0.2, 0.25) is 0 Å². The van der Waals surface area contributed by atoms with Crippen molar-refractivity contribution in [2.24, 2.45) is 5.41 Å². The fourth-order valence-corrected chi connectivity index (χ4v) is 5.01. The van der Waals surface area contributed by atoms with E-state index in [4.69, 9.17) is 0 Å². The second kappa shape index (κ2) is 7.06. The van der Waals surface area contributed by atoms with Crippen molar-refractivity contribution in [3.8, 4) is 0 Å². The molecule has 0 radical (unpaired) electrons. The summed E-state index contributed by atoms with van der Waals surface area (Å²) in [5, 5.41) is 0. The maximum atomic E-state index is 2.53. The molecule has 2 aliphatic rings. The van der Waals surface area contributed by atoms with Crippen molar-refractivity contribution in [2.45, 2.75) is 71.6 Å². The largest absolute Gasteiger partial charge is 0.0732 e. The predicted molar refractivity (Wildman–Crippen MR) is 113 cm³/mol. The summed E-state index contributed by atoms with van der Waals surface area (Å²) in [7, 11) is 0. The van der Waals surface area contributed by atoms with E-state index in [9.17, 15) is 0 Å². The van der Waals surface area contributed by atoms with E-state index in [-0.39, 0.29) is 0 Å². The maximum absolute atomic E-state index is 2.53. The molecule has 0 nitrogen and oxygen atoms in total. The van der Waals surface area contributed by atoms with Gasteiger partial charge >= 0.3 is 0 Å². The Morgan fingerprint density at radius 3 is 2.42 bits per heavy atom. The molecule has 2 aliphatic carbocycles. The number of rotatable bonds is 4. The van der Waals surface area contributed by atoms with Crippen LogP contribution in [0.1, 0.15) is 79.7 Å². The fraction of sp³-hybridized carbons (Fsp3) is 0.462. The van der Waals surface area contributed by atoms with Gasteiger partial charge in [-0.05, 0) is 72.3 Å². The number of benzene rings is 2. The van der Waals surface area contributed by atoms with Gasteiger partial charge in [0.25, 0.3) is 0 Å². The van der Waals surface area contributed by atoms with Crippen LogP contribution in [-0.2, 0) is 12.8 Å². The number of hydrogen-bond donors (Lipinski definition) is 0.